The number of hydrogen-bond donors (Lipinski definition) is 1. The van der Waals surface area contributed by atoms with Gasteiger partial charge in [0.15, 0.2) is 0 Å². The molecule has 0 unspecified atom stereocenters. The van der Waals surface area contributed by atoms with Gasteiger partial charge >= 0.3 is 0 Å². The predicted octanol–water partition coefficient (Wildman–Crippen LogP) is 6.26. The molecule has 7 heteroatoms. The van der Waals surface area contributed by atoms with Crippen molar-refractivity contribution in [3.8, 4) is 5.75 Å². The molecule has 37 heavy (non-hydrogen) atoms. The van der Waals surface area contributed by atoms with Crippen LogP contribution in [-0.2, 0) is 0 Å². The van der Waals surface area contributed by atoms with Gasteiger partial charge in [-0.05, 0) is 61.4 Å². The molecule has 0 spiro atoms. The van der Waals surface area contributed by atoms with Gasteiger partial charge in [-0.25, -0.2) is 4.90 Å². The molecular weight excluding hydrogens is 468 g/mol. The van der Waals surface area contributed by atoms with Crippen LogP contribution in [0.2, 0.25) is 0 Å². The Balaban J connectivity index is 1.34. The van der Waals surface area contributed by atoms with Gasteiger partial charge in [-0.1, -0.05) is 30.3 Å². The Morgan fingerprint density at radius 3 is 2.43 bits per heavy atom. The summed E-state index contributed by atoms with van der Waals surface area (Å²) in [6.45, 7) is 3.75. The van der Waals surface area contributed by atoms with Crippen molar-refractivity contribution in [2.45, 2.75) is 13.8 Å². The molecule has 0 bridgehead atoms. The fraction of sp³-hybridized carbons (Fsp3) is 0.100. The number of para-hydroxylation sites is 1. The van der Waals surface area contributed by atoms with E-state index in [1.165, 1.54) is 30.2 Å². The summed E-state index contributed by atoms with van der Waals surface area (Å²) in [5.41, 5.74) is 4.77. The summed E-state index contributed by atoms with van der Waals surface area (Å²) in [4.78, 5) is 40.8. The van der Waals surface area contributed by atoms with Gasteiger partial charge in [-0.3, -0.25) is 14.4 Å². The summed E-state index contributed by atoms with van der Waals surface area (Å²) in [6, 6.07) is 21.3. The molecule has 1 aromatic heterocycles. The van der Waals surface area contributed by atoms with E-state index in [9.17, 15) is 14.4 Å². The summed E-state index contributed by atoms with van der Waals surface area (Å²) in [5.74, 6) is -0.829. The van der Waals surface area contributed by atoms with Crippen LogP contribution in [0.5, 0.6) is 5.75 Å². The number of ether oxygens (including phenoxy) is 1. The number of amides is 3. The van der Waals surface area contributed by atoms with E-state index in [4.69, 9.17) is 9.15 Å². The van der Waals surface area contributed by atoms with Gasteiger partial charge in [0.05, 0.1) is 29.6 Å². The third-order valence-corrected chi connectivity index (χ3v) is 6.70. The minimum Gasteiger partial charge on any atom is -0.495 e. The minimum atomic E-state index is -0.454. The Bertz CT molecular complexity index is 1780. The molecule has 0 atom stereocenters. The smallest absolute Gasteiger partial charge is 0.266 e. The number of nitrogens with zero attached hydrogens (tertiary/aromatic N) is 1. The average Bonchev–Trinajstić information content (AvgIpc) is 3.38. The zero-order chi connectivity index (χ0) is 25.8. The van der Waals surface area contributed by atoms with Crippen molar-refractivity contribution < 1.29 is 23.5 Å². The number of carbonyl (C=O) groups excluding carboxylic acids is 3. The molecule has 2 heterocycles. The molecule has 1 aliphatic heterocycles. The number of carbonyl (C=O) groups is 3. The number of hydrogen-bond acceptors (Lipinski definition) is 5. The first-order valence-electron chi connectivity index (χ1n) is 11.8. The second-order valence-corrected chi connectivity index (χ2v) is 9.10. The number of methoxy groups -OCH3 is 1. The third-order valence-electron chi connectivity index (χ3n) is 6.70. The Kier molecular flexibility index (Phi) is 5.08. The lowest BCUT2D eigenvalue weighted by Gasteiger charge is -2.17. The fourth-order valence-electron chi connectivity index (χ4n) is 4.77. The van der Waals surface area contributed by atoms with Crippen LogP contribution in [0.1, 0.15) is 42.2 Å². The highest BCUT2D eigenvalue weighted by Crippen LogP contribution is 2.37. The van der Waals surface area contributed by atoms with Crippen molar-refractivity contribution in [2.24, 2.45) is 0 Å². The number of aryl methyl sites for hydroxylation is 2. The maximum absolute atomic E-state index is 13.3. The molecule has 7 nitrogen and oxygen atoms in total. The molecule has 1 N–H and O–H groups in total. The van der Waals surface area contributed by atoms with E-state index in [1.807, 2.05) is 62.4 Å². The first-order chi connectivity index (χ1) is 17.9. The molecule has 0 saturated carbocycles. The average molecular weight is 491 g/mol. The fourth-order valence-corrected chi connectivity index (χ4v) is 4.77. The van der Waals surface area contributed by atoms with Crippen LogP contribution in [0.3, 0.4) is 0 Å². The maximum atomic E-state index is 13.3. The first kappa shape index (κ1) is 22.5. The molecule has 182 valence electrons. The van der Waals surface area contributed by atoms with Crippen LogP contribution in [0, 0.1) is 13.8 Å². The van der Waals surface area contributed by atoms with Crippen molar-refractivity contribution in [1.82, 2.24) is 0 Å². The second-order valence-electron chi connectivity index (χ2n) is 9.10. The summed E-state index contributed by atoms with van der Waals surface area (Å²) in [5, 5.41) is 4.68. The van der Waals surface area contributed by atoms with Gasteiger partial charge in [0.25, 0.3) is 17.7 Å². The number of fused-ring (bicyclic) bond motifs is 4. The lowest BCUT2D eigenvalue weighted by atomic mass is 10.0. The van der Waals surface area contributed by atoms with Crippen LogP contribution in [-0.4, -0.2) is 24.8 Å². The van der Waals surface area contributed by atoms with Crippen LogP contribution in [0.25, 0.3) is 21.9 Å². The van der Waals surface area contributed by atoms with Gasteiger partial charge in [0.1, 0.15) is 16.9 Å². The number of anilines is 2. The quantitative estimate of drug-likeness (QED) is 0.300. The first-order valence-corrected chi connectivity index (χ1v) is 11.8. The Labute approximate surface area is 212 Å². The van der Waals surface area contributed by atoms with Crippen LogP contribution in [0.15, 0.2) is 77.2 Å². The molecule has 0 saturated heterocycles. The largest absolute Gasteiger partial charge is 0.495 e. The highest BCUT2D eigenvalue weighted by atomic mass is 16.5. The van der Waals surface area contributed by atoms with Crippen LogP contribution < -0.4 is 15.0 Å². The van der Waals surface area contributed by atoms with Crippen molar-refractivity contribution in [2.75, 3.05) is 17.3 Å². The third kappa shape index (κ3) is 3.55. The van der Waals surface area contributed by atoms with Gasteiger partial charge in [-0.2, -0.15) is 0 Å². The molecule has 6 rings (SSSR count). The molecule has 3 amide bonds. The Hall–Kier alpha value is -4.91. The number of rotatable bonds is 4. The van der Waals surface area contributed by atoms with Crippen molar-refractivity contribution in [1.29, 1.82) is 0 Å². The van der Waals surface area contributed by atoms with Gasteiger partial charge in [0, 0.05) is 22.4 Å². The monoisotopic (exact) mass is 490 g/mol. The van der Waals surface area contributed by atoms with Crippen LogP contribution in [0.4, 0.5) is 11.4 Å². The number of nitrogens with one attached hydrogen (secondary N) is 1. The number of imide groups is 1. The molecule has 0 aliphatic carbocycles. The van der Waals surface area contributed by atoms with E-state index in [2.05, 4.69) is 5.32 Å². The molecule has 4 aromatic carbocycles. The topological polar surface area (TPSA) is 88.9 Å². The summed E-state index contributed by atoms with van der Waals surface area (Å²) < 4.78 is 11.5. The highest BCUT2D eigenvalue weighted by molar-refractivity contribution is 6.35. The van der Waals surface area contributed by atoms with Crippen molar-refractivity contribution >= 4 is 51.0 Å². The summed E-state index contributed by atoms with van der Waals surface area (Å²) in [6.07, 6.45) is 0. The minimum absolute atomic E-state index is 0.193. The van der Waals surface area contributed by atoms with E-state index >= 15 is 0 Å². The van der Waals surface area contributed by atoms with E-state index < -0.39 is 17.7 Å². The summed E-state index contributed by atoms with van der Waals surface area (Å²) >= 11 is 0. The molecule has 5 aromatic rings. The second kappa shape index (κ2) is 8.34. The zero-order valence-corrected chi connectivity index (χ0v) is 20.4. The van der Waals surface area contributed by atoms with Crippen molar-refractivity contribution in [3.63, 3.8) is 0 Å². The van der Waals surface area contributed by atoms with E-state index in [1.54, 1.807) is 6.07 Å². The number of benzene rings is 4. The highest BCUT2D eigenvalue weighted by Gasteiger charge is 2.38. The molecule has 0 fully saturated rings. The normalized spacial score (nSPS) is 12.9. The molecular formula is C30H22N2O5. The Morgan fingerprint density at radius 2 is 1.62 bits per heavy atom. The van der Waals surface area contributed by atoms with E-state index in [0.29, 0.717) is 22.7 Å². The van der Waals surface area contributed by atoms with E-state index in [-0.39, 0.29) is 16.7 Å². The van der Waals surface area contributed by atoms with Gasteiger partial charge in [0.2, 0.25) is 0 Å². The van der Waals surface area contributed by atoms with E-state index in [0.717, 1.165) is 27.5 Å². The lowest BCUT2D eigenvalue weighted by Crippen LogP contribution is -2.30. The number of furan rings is 1. The molecule has 1 aliphatic rings. The van der Waals surface area contributed by atoms with Gasteiger partial charge in [-0.15, -0.1) is 0 Å². The SMILES string of the molecule is COc1cc2c(cc1NC(=O)c1ccc3c(c1)C(=O)N(c1cc(C)ccc1C)C3=O)oc1ccccc12. The van der Waals surface area contributed by atoms with Gasteiger partial charge < -0.3 is 14.5 Å². The standard InChI is InChI=1S/C30H22N2O5/c1-16-8-9-17(2)24(12-16)32-29(34)20-11-10-18(13-22(20)30(32)35)28(33)31-23-15-26-21(14-27(23)36-3)19-6-4-5-7-25(19)37-26/h4-15H,1-3H3,(H,31,33). The summed E-state index contributed by atoms with van der Waals surface area (Å²) in [7, 11) is 1.53. The lowest BCUT2D eigenvalue weighted by molar-refractivity contribution is 0.0925. The zero-order valence-electron chi connectivity index (χ0n) is 20.4. The predicted molar refractivity (Wildman–Crippen MR) is 142 cm³/mol. The molecule has 0 radical (unpaired) electrons. The maximum Gasteiger partial charge on any atom is 0.266 e. The Morgan fingerprint density at radius 1 is 0.838 bits per heavy atom. The van der Waals surface area contributed by atoms with Crippen molar-refractivity contribution in [3.05, 3.63) is 101 Å². The van der Waals surface area contributed by atoms with Crippen LogP contribution >= 0.6 is 0 Å².